The fourth-order valence-corrected chi connectivity index (χ4v) is 3.02. The van der Waals surface area contributed by atoms with Gasteiger partial charge in [0.1, 0.15) is 0 Å². The number of nitrogens with zero attached hydrogens (tertiary/aromatic N) is 1. The van der Waals surface area contributed by atoms with E-state index in [1.165, 1.54) is 11.8 Å². The number of amidine groups is 1. The van der Waals surface area contributed by atoms with Gasteiger partial charge in [-0.2, -0.15) is 0 Å². The second kappa shape index (κ2) is 6.90. The maximum absolute atomic E-state index is 11.7. The Balaban J connectivity index is 1.94. The number of aliphatic carboxylic acids is 1. The fourth-order valence-electron chi connectivity index (χ4n) is 1.72. The largest absolute Gasteiger partial charge is 0.481 e. The Hall–Kier alpha value is -1.34. The molecule has 20 heavy (non-hydrogen) atoms. The highest BCUT2D eigenvalue weighted by Crippen LogP contribution is 2.26. The summed E-state index contributed by atoms with van der Waals surface area (Å²) in [6.07, 6.45) is 1.12. The van der Waals surface area contributed by atoms with E-state index < -0.39 is 5.97 Å². The summed E-state index contributed by atoms with van der Waals surface area (Å²) in [5, 5.41) is 11.6. The van der Waals surface area contributed by atoms with Crippen molar-refractivity contribution in [2.45, 2.75) is 24.5 Å². The SMILES string of the molecule is O=C(O)CCCC1SC(=Nc2ccc(Br)cc2)NC1=O. The van der Waals surface area contributed by atoms with Gasteiger partial charge >= 0.3 is 5.97 Å². The van der Waals surface area contributed by atoms with Crippen molar-refractivity contribution in [2.75, 3.05) is 0 Å². The average molecular weight is 357 g/mol. The monoisotopic (exact) mass is 356 g/mol. The van der Waals surface area contributed by atoms with Gasteiger partial charge in [-0.05, 0) is 37.1 Å². The minimum atomic E-state index is -0.836. The number of nitrogens with one attached hydrogen (secondary N) is 1. The molecular weight excluding hydrogens is 344 g/mol. The van der Waals surface area contributed by atoms with Crippen LogP contribution in [0.1, 0.15) is 19.3 Å². The molecule has 0 saturated carbocycles. The van der Waals surface area contributed by atoms with Crippen LogP contribution in [0, 0.1) is 0 Å². The first-order valence-electron chi connectivity index (χ1n) is 6.08. The lowest BCUT2D eigenvalue weighted by Gasteiger charge is -2.02. The van der Waals surface area contributed by atoms with Crippen LogP contribution in [0.3, 0.4) is 0 Å². The van der Waals surface area contributed by atoms with Crippen molar-refractivity contribution >= 4 is 50.4 Å². The van der Waals surface area contributed by atoms with Crippen LogP contribution in [0.4, 0.5) is 5.69 Å². The number of rotatable bonds is 5. The van der Waals surface area contributed by atoms with Gasteiger partial charge in [0.05, 0.1) is 10.9 Å². The van der Waals surface area contributed by atoms with E-state index >= 15 is 0 Å². The van der Waals surface area contributed by atoms with Gasteiger partial charge in [0, 0.05) is 10.9 Å². The highest BCUT2D eigenvalue weighted by Gasteiger charge is 2.29. The summed E-state index contributed by atoms with van der Waals surface area (Å²) in [6, 6.07) is 7.46. The second-order valence-corrected chi connectivity index (χ2v) is 6.38. The molecule has 0 aromatic heterocycles. The van der Waals surface area contributed by atoms with Crippen molar-refractivity contribution in [1.82, 2.24) is 5.32 Å². The molecule has 1 aromatic rings. The Morgan fingerprint density at radius 3 is 2.75 bits per heavy atom. The number of benzene rings is 1. The van der Waals surface area contributed by atoms with Crippen LogP contribution < -0.4 is 5.32 Å². The number of thioether (sulfide) groups is 1. The zero-order valence-corrected chi connectivity index (χ0v) is 12.9. The molecule has 0 aliphatic carbocycles. The van der Waals surface area contributed by atoms with E-state index in [2.05, 4.69) is 26.2 Å². The first-order chi connectivity index (χ1) is 9.54. The minimum Gasteiger partial charge on any atom is -0.481 e. The number of carboxylic acids is 1. The molecule has 1 atom stereocenters. The third-order valence-electron chi connectivity index (χ3n) is 2.69. The predicted octanol–water partition coefficient (Wildman–Crippen LogP) is 2.92. The second-order valence-electron chi connectivity index (χ2n) is 4.28. The molecule has 1 aliphatic rings. The third-order valence-corrected chi connectivity index (χ3v) is 4.37. The van der Waals surface area contributed by atoms with Crippen molar-refractivity contribution in [1.29, 1.82) is 0 Å². The van der Waals surface area contributed by atoms with Gasteiger partial charge < -0.3 is 10.4 Å². The van der Waals surface area contributed by atoms with E-state index in [4.69, 9.17) is 5.11 Å². The number of carbonyl (C=O) groups excluding carboxylic acids is 1. The summed E-state index contributed by atoms with van der Waals surface area (Å²) in [7, 11) is 0. The molecule has 0 spiro atoms. The van der Waals surface area contributed by atoms with E-state index in [0.29, 0.717) is 18.0 Å². The van der Waals surface area contributed by atoms with E-state index in [1.807, 2.05) is 24.3 Å². The Morgan fingerprint density at radius 1 is 1.40 bits per heavy atom. The van der Waals surface area contributed by atoms with Gasteiger partial charge in [0.2, 0.25) is 5.91 Å². The van der Waals surface area contributed by atoms with Gasteiger partial charge in [0.15, 0.2) is 5.17 Å². The third kappa shape index (κ3) is 4.35. The number of amides is 1. The quantitative estimate of drug-likeness (QED) is 0.849. The summed E-state index contributed by atoms with van der Waals surface area (Å²) >= 11 is 4.70. The summed E-state index contributed by atoms with van der Waals surface area (Å²) in [6.45, 7) is 0. The molecule has 0 bridgehead atoms. The van der Waals surface area contributed by atoms with Gasteiger partial charge in [-0.3, -0.25) is 9.59 Å². The van der Waals surface area contributed by atoms with Crippen molar-refractivity contribution < 1.29 is 14.7 Å². The lowest BCUT2D eigenvalue weighted by atomic mass is 10.2. The van der Waals surface area contributed by atoms with Crippen LogP contribution in [-0.4, -0.2) is 27.4 Å². The molecule has 2 N–H and O–H groups in total. The van der Waals surface area contributed by atoms with Crippen LogP contribution in [0.15, 0.2) is 33.7 Å². The standard InChI is InChI=1S/C13H13BrN2O3S/c14-8-4-6-9(7-5-8)15-13-16-12(19)10(20-13)2-1-3-11(17)18/h4-7,10H,1-3H2,(H,17,18)(H,15,16,19). The van der Waals surface area contributed by atoms with E-state index in [1.54, 1.807) is 0 Å². The normalized spacial score (nSPS) is 20.1. The van der Waals surface area contributed by atoms with E-state index in [9.17, 15) is 9.59 Å². The molecule has 2 rings (SSSR count). The molecule has 7 heteroatoms. The van der Waals surface area contributed by atoms with Gasteiger partial charge in [-0.15, -0.1) is 0 Å². The Morgan fingerprint density at radius 2 is 2.10 bits per heavy atom. The molecule has 5 nitrogen and oxygen atoms in total. The molecule has 1 saturated heterocycles. The maximum Gasteiger partial charge on any atom is 0.303 e. The fraction of sp³-hybridized carbons (Fsp3) is 0.308. The lowest BCUT2D eigenvalue weighted by molar-refractivity contribution is -0.137. The van der Waals surface area contributed by atoms with Crippen LogP contribution >= 0.6 is 27.7 Å². The average Bonchev–Trinajstić information content (AvgIpc) is 2.72. The highest BCUT2D eigenvalue weighted by molar-refractivity contribution is 9.10. The molecular formula is C13H13BrN2O3S. The molecule has 0 radical (unpaired) electrons. The maximum atomic E-state index is 11.7. The summed E-state index contributed by atoms with van der Waals surface area (Å²) in [5.41, 5.74) is 0.766. The zero-order chi connectivity index (χ0) is 14.5. The highest BCUT2D eigenvalue weighted by atomic mass is 79.9. The molecule has 1 unspecified atom stereocenters. The van der Waals surface area contributed by atoms with Crippen LogP contribution in [0.2, 0.25) is 0 Å². The van der Waals surface area contributed by atoms with Crippen molar-refractivity contribution in [2.24, 2.45) is 4.99 Å². The molecule has 1 fully saturated rings. The first-order valence-corrected chi connectivity index (χ1v) is 7.75. The number of hydrogen-bond donors (Lipinski definition) is 2. The Kier molecular flexibility index (Phi) is 5.19. The number of aliphatic imine (C=N–C) groups is 1. The number of halogens is 1. The van der Waals surface area contributed by atoms with Gasteiger partial charge in [-0.1, -0.05) is 27.7 Å². The Bertz CT molecular complexity index is 545. The molecule has 1 aromatic carbocycles. The number of carboxylic acid groups (broad SMARTS) is 1. The summed E-state index contributed by atoms with van der Waals surface area (Å²) in [4.78, 5) is 26.5. The summed E-state index contributed by atoms with van der Waals surface area (Å²) in [5.74, 6) is -0.937. The van der Waals surface area contributed by atoms with Gasteiger partial charge in [-0.25, -0.2) is 4.99 Å². The van der Waals surface area contributed by atoms with Crippen LogP contribution in [0.25, 0.3) is 0 Å². The van der Waals surface area contributed by atoms with Crippen molar-refractivity contribution in [3.63, 3.8) is 0 Å². The first kappa shape index (κ1) is 15.1. The van der Waals surface area contributed by atoms with E-state index in [-0.39, 0.29) is 17.6 Å². The van der Waals surface area contributed by atoms with E-state index in [0.717, 1.165) is 10.2 Å². The minimum absolute atomic E-state index is 0.0868. The molecule has 106 valence electrons. The number of carbonyl (C=O) groups is 2. The molecule has 1 amide bonds. The van der Waals surface area contributed by atoms with Crippen LogP contribution in [-0.2, 0) is 9.59 Å². The van der Waals surface area contributed by atoms with Crippen molar-refractivity contribution in [3.05, 3.63) is 28.7 Å². The van der Waals surface area contributed by atoms with Gasteiger partial charge in [0.25, 0.3) is 0 Å². The Labute approximate surface area is 129 Å². The predicted molar refractivity (Wildman–Crippen MR) is 82.2 cm³/mol. The zero-order valence-electron chi connectivity index (χ0n) is 10.5. The summed E-state index contributed by atoms with van der Waals surface area (Å²) < 4.78 is 0.969. The van der Waals surface area contributed by atoms with Crippen LogP contribution in [0.5, 0.6) is 0 Å². The number of hydrogen-bond acceptors (Lipinski definition) is 4. The van der Waals surface area contributed by atoms with Crippen molar-refractivity contribution in [3.8, 4) is 0 Å². The molecule has 1 aliphatic heterocycles. The molecule has 1 heterocycles. The lowest BCUT2D eigenvalue weighted by Crippen LogP contribution is -2.24. The smallest absolute Gasteiger partial charge is 0.303 e. The topological polar surface area (TPSA) is 78.8 Å².